The minimum absolute atomic E-state index is 0.0904. The van der Waals surface area contributed by atoms with Crippen molar-refractivity contribution >= 4 is 17.4 Å². The summed E-state index contributed by atoms with van der Waals surface area (Å²) < 4.78 is 41.5. The monoisotopic (exact) mass is 300 g/mol. The van der Waals surface area contributed by atoms with Gasteiger partial charge < -0.3 is 15.8 Å². The molecule has 6 nitrogen and oxygen atoms in total. The highest BCUT2D eigenvalue weighted by Gasteiger charge is 2.32. The Morgan fingerprint density at radius 1 is 1.38 bits per heavy atom. The molecule has 0 unspecified atom stereocenters. The van der Waals surface area contributed by atoms with Gasteiger partial charge in [-0.1, -0.05) is 0 Å². The lowest BCUT2D eigenvalue weighted by Crippen LogP contribution is -2.18. The lowest BCUT2D eigenvalue weighted by atomic mass is 10.2. The number of alkyl halides is 3. The predicted octanol–water partition coefficient (Wildman–Crippen LogP) is 2.15. The molecule has 0 spiro atoms. The Hall–Kier alpha value is -2.71. The summed E-state index contributed by atoms with van der Waals surface area (Å²) in [5.74, 6) is -0.785. The molecule has 1 heterocycles. The maximum Gasteiger partial charge on any atom is 0.573 e. The molecule has 0 radical (unpaired) electrons. The van der Waals surface area contributed by atoms with E-state index in [1.807, 2.05) is 0 Å². The van der Waals surface area contributed by atoms with E-state index in [0.717, 1.165) is 12.1 Å². The highest BCUT2D eigenvalue weighted by Crippen LogP contribution is 2.29. The van der Waals surface area contributed by atoms with Crippen molar-refractivity contribution in [2.45, 2.75) is 6.36 Å². The molecule has 0 bridgehead atoms. The van der Waals surface area contributed by atoms with Gasteiger partial charge in [0.25, 0.3) is 5.91 Å². The molecule has 0 aliphatic heterocycles. The van der Waals surface area contributed by atoms with Gasteiger partial charge in [-0.05, 0) is 18.2 Å². The first-order valence-corrected chi connectivity index (χ1v) is 5.71. The largest absolute Gasteiger partial charge is 0.573 e. The first-order chi connectivity index (χ1) is 9.74. The number of hydrogen-bond donors (Lipinski definition) is 2. The van der Waals surface area contributed by atoms with E-state index < -0.39 is 18.0 Å². The first-order valence-electron chi connectivity index (χ1n) is 5.71. The summed E-state index contributed by atoms with van der Waals surface area (Å²) in [6.07, 6.45) is -3.21. The number of halogens is 3. The summed E-state index contributed by atoms with van der Waals surface area (Å²) in [5, 5.41) is 6.43. The second kappa shape index (κ2) is 5.35. The summed E-state index contributed by atoms with van der Waals surface area (Å²) in [4.78, 5) is 11.9. The minimum atomic E-state index is -4.84. The third-order valence-corrected chi connectivity index (χ3v) is 2.45. The van der Waals surface area contributed by atoms with E-state index in [1.54, 1.807) is 19.3 Å². The molecule has 21 heavy (non-hydrogen) atoms. The van der Waals surface area contributed by atoms with E-state index in [1.165, 1.54) is 10.7 Å². The van der Waals surface area contributed by atoms with Crippen molar-refractivity contribution in [2.24, 2.45) is 7.05 Å². The van der Waals surface area contributed by atoms with Crippen LogP contribution >= 0.6 is 0 Å². The molecule has 0 fully saturated rings. The SMILES string of the molecule is Cn1ccc(NC(=O)c2ccc(OC(F)(F)F)c(N)c2)n1. The summed E-state index contributed by atoms with van der Waals surface area (Å²) >= 11 is 0. The van der Waals surface area contributed by atoms with E-state index in [2.05, 4.69) is 15.2 Å². The van der Waals surface area contributed by atoms with Gasteiger partial charge >= 0.3 is 6.36 Å². The Morgan fingerprint density at radius 2 is 2.10 bits per heavy atom. The Bertz CT molecular complexity index is 667. The molecule has 2 rings (SSSR count). The topological polar surface area (TPSA) is 82.2 Å². The van der Waals surface area contributed by atoms with Crippen LogP contribution < -0.4 is 15.8 Å². The molecule has 0 aliphatic rings. The number of anilines is 2. The molecule has 0 saturated carbocycles. The van der Waals surface area contributed by atoms with Crippen molar-refractivity contribution in [1.82, 2.24) is 9.78 Å². The van der Waals surface area contributed by atoms with Crippen LogP contribution in [0.2, 0.25) is 0 Å². The van der Waals surface area contributed by atoms with Crippen LogP contribution in [0.15, 0.2) is 30.5 Å². The molecule has 1 aromatic heterocycles. The van der Waals surface area contributed by atoms with Crippen molar-refractivity contribution in [3.05, 3.63) is 36.0 Å². The third-order valence-electron chi connectivity index (χ3n) is 2.45. The Labute approximate surface area is 117 Å². The van der Waals surface area contributed by atoms with Gasteiger partial charge in [-0.25, -0.2) is 0 Å². The van der Waals surface area contributed by atoms with Gasteiger partial charge in [0.1, 0.15) is 0 Å². The smallest absolute Gasteiger partial charge is 0.404 e. The van der Waals surface area contributed by atoms with Crippen molar-refractivity contribution in [1.29, 1.82) is 0 Å². The Balaban J connectivity index is 2.14. The van der Waals surface area contributed by atoms with E-state index in [9.17, 15) is 18.0 Å². The fourth-order valence-corrected chi connectivity index (χ4v) is 1.58. The summed E-state index contributed by atoms with van der Waals surface area (Å²) in [5.41, 5.74) is 5.24. The molecular formula is C12H11F3N4O2. The van der Waals surface area contributed by atoms with Gasteiger partial charge in [-0.2, -0.15) is 5.10 Å². The van der Waals surface area contributed by atoms with Gasteiger partial charge in [0.15, 0.2) is 11.6 Å². The molecule has 112 valence electrons. The number of hydrogen-bond acceptors (Lipinski definition) is 4. The minimum Gasteiger partial charge on any atom is -0.404 e. The van der Waals surface area contributed by atoms with Crippen LogP contribution in [0.25, 0.3) is 0 Å². The van der Waals surface area contributed by atoms with Gasteiger partial charge in [-0.15, -0.1) is 13.2 Å². The number of carbonyl (C=O) groups excluding carboxylic acids is 1. The zero-order valence-corrected chi connectivity index (χ0v) is 10.8. The second-order valence-corrected chi connectivity index (χ2v) is 4.13. The van der Waals surface area contributed by atoms with E-state index in [-0.39, 0.29) is 11.3 Å². The van der Waals surface area contributed by atoms with Crippen LogP contribution in [-0.4, -0.2) is 22.1 Å². The highest BCUT2D eigenvalue weighted by atomic mass is 19.4. The van der Waals surface area contributed by atoms with Crippen molar-refractivity contribution in [2.75, 3.05) is 11.1 Å². The number of amides is 1. The van der Waals surface area contributed by atoms with Crippen molar-refractivity contribution < 1.29 is 22.7 Å². The zero-order chi connectivity index (χ0) is 15.6. The molecule has 0 atom stereocenters. The number of carbonyl (C=O) groups is 1. The predicted molar refractivity (Wildman–Crippen MR) is 68.7 cm³/mol. The number of aryl methyl sites for hydroxylation is 1. The standard InChI is InChI=1S/C12H11F3N4O2/c1-19-5-4-10(18-19)17-11(20)7-2-3-9(8(16)6-7)21-12(13,14)15/h2-6H,16H2,1H3,(H,17,18,20). The first kappa shape index (κ1) is 14.7. The van der Waals surface area contributed by atoms with Crippen LogP contribution in [0, 0.1) is 0 Å². The maximum absolute atomic E-state index is 12.1. The number of nitrogens with one attached hydrogen (secondary N) is 1. The van der Waals surface area contributed by atoms with Crippen LogP contribution in [0.3, 0.4) is 0 Å². The quantitative estimate of drug-likeness (QED) is 0.851. The van der Waals surface area contributed by atoms with Gasteiger partial charge in [-0.3, -0.25) is 9.48 Å². The normalized spacial score (nSPS) is 11.2. The van der Waals surface area contributed by atoms with Crippen LogP contribution in [0.5, 0.6) is 5.75 Å². The Kier molecular flexibility index (Phi) is 3.74. The summed E-state index contributed by atoms with van der Waals surface area (Å²) in [6.45, 7) is 0. The van der Waals surface area contributed by atoms with Gasteiger partial charge in [0.2, 0.25) is 0 Å². The number of ether oxygens (including phenoxy) is 1. The lowest BCUT2D eigenvalue weighted by Gasteiger charge is -2.11. The number of nitrogen functional groups attached to an aromatic ring is 1. The number of rotatable bonds is 3. The molecule has 0 saturated heterocycles. The molecule has 3 N–H and O–H groups in total. The molecule has 2 aromatic rings. The van der Waals surface area contributed by atoms with E-state index in [4.69, 9.17) is 5.73 Å². The highest BCUT2D eigenvalue weighted by molar-refractivity contribution is 6.04. The van der Waals surface area contributed by atoms with Crippen molar-refractivity contribution in [3.63, 3.8) is 0 Å². The third kappa shape index (κ3) is 3.88. The molecule has 1 amide bonds. The fraction of sp³-hybridized carbons (Fsp3) is 0.167. The summed E-state index contributed by atoms with van der Waals surface area (Å²) in [6, 6.07) is 4.83. The number of benzene rings is 1. The maximum atomic E-state index is 12.1. The molecular weight excluding hydrogens is 289 g/mol. The number of nitrogens with zero attached hydrogens (tertiary/aromatic N) is 2. The van der Waals surface area contributed by atoms with E-state index >= 15 is 0 Å². The average Bonchev–Trinajstić information content (AvgIpc) is 2.75. The second-order valence-electron chi connectivity index (χ2n) is 4.13. The van der Waals surface area contributed by atoms with E-state index in [0.29, 0.717) is 5.82 Å². The lowest BCUT2D eigenvalue weighted by molar-refractivity contribution is -0.274. The van der Waals surface area contributed by atoms with Gasteiger partial charge in [0, 0.05) is 24.9 Å². The average molecular weight is 300 g/mol. The fourth-order valence-electron chi connectivity index (χ4n) is 1.58. The molecule has 1 aromatic carbocycles. The van der Waals surface area contributed by atoms with Crippen LogP contribution in [0.4, 0.5) is 24.7 Å². The number of nitrogens with two attached hydrogens (primary N) is 1. The van der Waals surface area contributed by atoms with Crippen molar-refractivity contribution in [3.8, 4) is 5.75 Å². The van der Waals surface area contributed by atoms with Crippen LogP contribution in [-0.2, 0) is 7.05 Å². The number of aromatic nitrogens is 2. The summed E-state index contributed by atoms with van der Waals surface area (Å²) in [7, 11) is 1.68. The molecule has 9 heteroatoms. The zero-order valence-electron chi connectivity index (χ0n) is 10.8. The van der Waals surface area contributed by atoms with Gasteiger partial charge in [0.05, 0.1) is 5.69 Å². The molecule has 0 aliphatic carbocycles. The van der Waals surface area contributed by atoms with Crippen LogP contribution in [0.1, 0.15) is 10.4 Å². The Morgan fingerprint density at radius 3 is 2.62 bits per heavy atom.